The van der Waals surface area contributed by atoms with Crippen molar-refractivity contribution in [2.75, 3.05) is 31.1 Å². The third-order valence-corrected chi connectivity index (χ3v) is 3.55. The van der Waals surface area contributed by atoms with Crippen LogP contribution in [0.25, 0.3) is 10.8 Å². The van der Waals surface area contributed by atoms with E-state index in [1.54, 1.807) is 6.20 Å². The van der Waals surface area contributed by atoms with E-state index in [4.69, 9.17) is 5.11 Å². The van der Waals surface area contributed by atoms with Gasteiger partial charge >= 0.3 is 6.09 Å². The molecule has 0 bridgehead atoms. The standard InChI is InChI=1S/C14H15N3O2/c18-14(19)17-8-6-16(7-9-17)13-3-1-2-11-10-15-5-4-12(11)13/h1-5,10H,6-9H2,(H,18,19). The van der Waals surface area contributed by atoms with Crippen LogP contribution in [0.4, 0.5) is 10.5 Å². The fourth-order valence-corrected chi connectivity index (χ4v) is 2.52. The van der Waals surface area contributed by atoms with E-state index in [1.165, 1.54) is 10.3 Å². The summed E-state index contributed by atoms with van der Waals surface area (Å²) in [6, 6.07) is 8.15. The van der Waals surface area contributed by atoms with E-state index in [-0.39, 0.29) is 0 Å². The van der Waals surface area contributed by atoms with Crippen molar-refractivity contribution < 1.29 is 9.90 Å². The van der Waals surface area contributed by atoms with E-state index in [0.717, 1.165) is 24.2 Å². The lowest BCUT2D eigenvalue weighted by atomic mass is 10.1. The summed E-state index contributed by atoms with van der Waals surface area (Å²) >= 11 is 0. The van der Waals surface area contributed by atoms with Gasteiger partial charge in [-0.15, -0.1) is 0 Å². The first-order valence-electron chi connectivity index (χ1n) is 6.31. The molecule has 1 saturated heterocycles. The molecule has 5 heteroatoms. The third kappa shape index (κ3) is 2.19. The molecule has 0 atom stereocenters. The average Bonchev–Trinajstić information content (AvgIpc) is 2.47. The minimum absolute atomic E-state index is 0.552. The molecule has 0 radical (unpaired) electrons. The topological polar surface area (TPSA) is 56.7 Å². The first-order valence-corrected chi connectivity index (χ1v) is 6.31. The Morgan fingerprint density at radius 3 is 2.68 bits per heavy atom. The fourth-order valence-electron chi connectivity index (χ4n) is 2.52. The van der Waals surface area contributed by atoms with E-state index < -0.39 is 6.09 Å². The highest BCUT2D eigenvalue weighted by molar-refractivity contribution is 5.93. The molecular formula is C14H15N3O2. The predicted octanol–water partition coefficient (Wildman–Crippen LogP) is 2.03. The maximum absolute atomic E-state index is 10.9. The Bertz CT molecular complexity index is 601. The van der Waals surface area contributed by atoms with E-state index in [2.05, 4.69) is 16.0 Å². The van der Waals surface area contributed by atoms with E-state index in [0.29, 0.717) is 13.1 Å². The zero-order valence-corrected chi connectivity index (χ0v) is 10.5. The van der Waals surface area contributed by atoms with Crippen LogP contribution in [-0.4, -0.2) is 47.3 Å². The summed E-state index contributed by atoms with van der Waals surface area (Å²) in [5, 5.41) is 11.2. The number of hydrogen-bond donors (Lipinski definition) is 1. The van der Waals surface area contributed by atoms with Crippen molar-refractivity contribution in [3.8, 4) is 0 Å². The molecule has 98 valence electrons. The Morgan fingerprint density at radius 1 is 1.16 bits per heavy atom. The van der Waals surface area contributed by atoms with Crippen LogP contribution in [0, 0.1) is 0 Å². The summed E-state index contributed by atoms with van der Waals surface area (Å²) in [6.07, 6.45) is 2.81. The number of aromatic nitrogens is 1. The second-order valence-corrected chi connectivity index (χ2v) is 4.63. The van der Waals surface area contributed by atoms with Crippen molar-refractivity contribution in [2.24, 2.45) is 0 Å². The number of carbonyl (C=O) groups is 1. The maximum atomic E-state index is 10.9. The molecule has 2 heterocycles. The van der Waals surface area contributed by atoms with Gasteiger partial charge in [0.1, 0.15) is 0 Å². The van der Waals surface area contributed by atoms with Gasteiger partial charge in [-0.1, -0.05) is 12.1 Å². The van der Waals surface area contributed by atoms with Gasteiger partial charge in [0.25, 0.3) is 0 Å². The number of amides is 1. The predicted molar refractivity (Wildman–Crippen MR) is 73.6 cm³/mol. The number of pyridine rings is 1. The van der Waals surface area contributed by atoms with Crippen molar-refractivity contribution in [1.29, 1.82) is 0 Å². The van der Waals surface area contributed by atoms with Gasteiger partial charge in [0.15, 0.2) is 0 Å². The molecule has 0 saturated carbocycles. The van der Waals surface area contributed by atoms with Crippen LogP contribution in [0.15, 0.2) is 36.7 Å². The number of nitrogens with zero attached hydrogens (tertiary/aromatic N) is 3. The molecular weight excluding hydrogens is 242 g/mol. The molecule has 19 heavy (non-hydrogen) atoms. The van der Waals surface area contributed by atoms with Crippen LogP contribution in [0.2, 0.25) is 0 Å². The fraction of sp³-hybridized carbons (Fsp3) is 0.286. The molecule has 1 N–H and O–H groups in total. The molecule has 1 amide bonds. The van der Waals surface area contributed by atoms with E-state index in [1.807, 2.05) is 24.4 Å². The van der Waals surface area contributed by atoms with E-state index in [9.17, 15) is 4.79 Å². The van der Waals surface area contributed by atoms with Crippen LogP contribution in [0.3, 0.4) is 0 Å². The number of hydrogen-bond acceptors (Lipinski definition) is 3. The molecule has 1 aliphatic heterocycles. The van der Waals surface area contributed by atoms with Gasteiger partial charge in [0, 0.05) is 55.0 Å². The van der Waals surface area contributed by atoms with Crippen molar-refractivity contribution >= 4 is 22.6 Å². The van der Waals surface area contributed by atoms with Crippen LogP contribution < -0.4 is 4.90 Å². The molecule has 5 nitrogen and oxygen atoms in total. The molecule has 1 aliphatic rings. The summed E-state index contributed by atoms with van der Waals surface area (Å²) in [4.78, 5) is 18.7. The first kappa shape index (κ1) is 11.8. The van der Waals surface area contributed by atoms with Crippen molar-refractivity contribution in [3.63, 3.8) is 0 Å². The van der Waals surface area contributed by atoms with Gasteiger partial charge in [-0.2, -0.15) is 0 Å². The summed E-state index contributed by atoms with van der Waals surface area (Å²) in [6.45, 7) is 2.56. The minimum Gasteiger partial charge on any atom is -0.465 e. The number of rotatable bonds is 1. The van der Waals surface area contributed by atoms with Crippen LogP contribution in [0.5, 0.6) is 0 Å². The highest BCUT2D eigenvalue weighted by atomic mass is 16.4. The second-order valence-electron chi connectivity index (χ2n) is 4.63. The smallest absolute Gasteiger partial charge is 0.407 e. The Kier molecular flexibility index (Phi) is 2.95. The molecule has 0 unspecified atom stereocenters. The van der Waals surface area contributed by atoms with Gasteiger partial charge in [0.05, 0.1) is 0 Å². The van der Waals surface area contributed by atoms with Crippen molar-refractivity contribution in [1.82, 2.24) is 9.88 Å². The lowest BCUT2D eigenvalue weighted by molar-refractivity contribution is 0.142. The normalized spacial score (nSPS) is 15.8. The lowest BCUT2D eigenvalue weighted by Crippen LogP contribution is -2.48. The highest BCUT2D eigenvalue weighted by Gasteiger charge is 2.21. The zero-order valence-electron chi connectivity index (χ0n) is 10.5. The molecule has 0 aliphatic carbocycles. The Hall–Kier alpha value is -2.30. The number of fused-ring (bicyclic) bond motifs is 1. The Labute approximate surface area is 111 Å². The third-order valence-electron chi connectivity index (χ3n) is 3.55. The highest BCUT2D eigenvalue weighted by Crippen LogP contribution is 2.26. The summed E-state index contributed by atoms with van der Waals surface area (Å²) in [5.41, 5.74) is 1.16. The number of anilines is 1. The first-order chi connectivity index (χ1) is 9.25. The molecule has 1 fully saturated rings. The summed E-state index contributed by atoms with van der Waals surface area (Å²) < 4.78 is 0. The Balaban J connectivity index is 1.88. The monoisotopic (exact) mass is 257 g/mol. The van der Waals surface area contributed by atoms with Crippen LogP contribution in [-0.2, 0) is 0 Å². The largest absolute Gasteiger partial charge is 0.465 e. The molecule has 3 rings (SSSR count). The molecule has 1 aromatic carbocycles. The molecule has 0 spiro atoms. The minimum atomic E-state index is -0.832. The number of carboxylic acid groups (broad SMARTS) is 1. The van der Waals surface area contributed by atoms with Gasteiger partial charge in [-0.25, -0.2) is 4.79 Å². The van der Waals surface area contributed by atoms with E-state index >= 15 is 0 Å². The summed E-state index contributed by atoms with van der Waals surface area (Å²) in [7, 11) is 0. The maximum Gasteiger partial charge on any atom is 0.407 e. The molecule has 1 aromatic heterocycles. The quantitative estimate of drug-likeness (QED) is 0.849. The van der Waals surface area contributed by atoms with Crippen LogP contribution >= 0.6 is 0 Å². The molecule has 2 aromatic rings. The number of benzene rings is 1. The average molecular weight is 257 g/mol. The van der Waals surface area contributed by atoms with Gasteiger partial charge in [-0.05, 0) is 12.1 Å². The van der Waals surface area contributed by atoms with Crippen molar-refractivity contribution in [2.45, 2.75) is 0 Å². The van der Waals surface area contributed by atoms with Crippen LogP contribution in [0.1, 0.15) is 0 Å². The SMILES string of the molecule is O=C(O)N1CCN(c2cccc3cnccc23)CC1. The zero-order chi connectivity index (χ0) is 13.2. The van der Waals surface area contributed by atoms with Crippen molar-refractivity contribution in [3.05, 3.63) is 36.7 Å². The Morgan fingerprint density at radius 2 is 1.95 bits per heavy atom. The van der Waals surface area contributed by atoms with Gasteiger partial charge in [0.2, 0.25) is 0 Å². The van der Waals surface area contributed by atoms with Gasteiger partial charge in [-0.3, -0.25) is 4.98 Å². The second kappa shape index (κ2) is 4.76. The number of piperazine rings is 1. The summed E-state index contributed by atoms with van der Waals surface area (Å²) in [5.74, 6) is 0. The lowest BCUT2D eigenvalue weighted by Gasteiger charge is -2.35. The van der Waals surface area contributed by atoms with Gasteiger partial charge < -0.3 is 14.9 Å².